The molecule has 2 aromatic heterocycles. The molecule has 2 heterocycles. The van der Waals surface area contributed by atoms with Crippen LogP contribution >= 0.6 is 0 Å². The Morgan fingerprint density at radius 1 is 0.870 bits per heavy atom. The third kappa shape index (κ3) is 2.93. The first-order chi connectivity index (χ1) is 11.0. The first kappa shape index (κ1) is 14.5. The fourth-order valence-corrected chi connectivity index (χ4v) is 2.04. The van der Waals surface area contributed by atoms with E-state index in [1.165, 1.54) is 24.4 Å². The summed E-state index contributed by atoms with van der Waals surface area (Å²) < 4.78 is 1.59. The average molecular weight is 309 g/mol. The monoisotopic (exact) mass is 309 g/mol. The minimum absolute atomic E-state index is 0.116. The predicted molar refractivity (Wildman–Crippen MR) is 80.7 cm³/mol. The normalized spacial score (nSPS) is 10.4. The summed E-state index contributed by atoms with van der Waals surface area (Å²) in [7, 11) is 0. The lowest BCUT2D eigenvalue weighted by atomic mass is 10.2. The lowest BCUT2D eigenvalue weighted by molar-refractivity contribution is 0.0686. The molecule has 23 heavy (non-hydrogen) atoms. The summed E-state index contributed by atoms with van der Waals surface area (Å²) >= 11 is 0. The van der Waals surface area contributed by atoms with Gasteiger partial charge in [0.05, 0.1) is 28.7 Å². The van der Waals surface area contributed by atoms with E-state index in [1.807, 2.05) is 0 Å². The number of nitrogens with zero attached hydrogens (tertiary/aromatic N) is 3. The maximum absolute atomic E-state index is 10.8. The van der Waals surface area contributed by atoms with E-state index in [1.54, 1.807) is 35.3 Å². The zero-order chi connectivity index (χ0) is 16.4. The largest absolute Gasteiger partial charge is 0.478 e. The summed E-state index contributed by atoms with van der Waals surface area (Å²) in [6.45, 7) is 0. The molecular weight excluding hydrogens is 298 g/mol. The van der Waals surface area contributed by atoms with E-state index < -0.39 is 11.9 Å². The molecule has 1 aromatic carbocycles. The molecule has 3 rings (SSSR count). The van der Waals surface area contributed by atoms with Gasteiger partial charge in [0.2, 0.25) is 0 Å². The van der Waals surface area contributed by atoms with Gasteiger partial charge < -0.3 is 10.2 Å². The second kappa shape index (κ2) is 5.72. The van der Waals surface area contributed by atoms with E-state index in [9.17, 15) is 9.59 Å². The van der Waals surface area contributed by atoms with Gasteiger partial charge in [-0.15, -0.1) is 0 Å². The van der Waals surface area contributed by atoms with Crippen molar-refractivity contribution in [2.75, 3.05) is 0 Å². The van der Waals surface area contributed by atoms with E-state index in [-0.39, 0.29) is 11.1 Å². The molecule has 7 nitrogen and oxygen atoms in total. The zero-order valence-corrected chi connectivity index (χ0v) is 11.7. The highest BCUT2D eigenvalue weighted by atomic mass is 16.4. The Kier molecular flexibility index (Phi) is 3.60. The predicted octanol–water partition coefficient (Wildman–Crippen LogP) is 2.33. The van der Waals surface area contributed by atoms with E-state index in [2.05, 4.69) is 10.1 Å². The first-order valence-corrected chi connectivity index (χ1v) is 6.63. The van der Waals surface area contributed by atoms with Crippen molar-refractivity contribution in [1.29, 1.82) is 0 Å². The van der Waals surface area contributed by atoms with Gasteiger partial charge in [0.25, 0.3) is 0 Å². The second-order valence-corrected chi connectivity index (χ2v) is 4.76. The molecule has 2 N–H and O–H groups in total. The van der Waals surface area contributed by atoms with Gasteiger partial charge in [-0.2, -0.15) is 5.10 Å². The van der Waals surface area contributed by atoms with Crippen LogP contribution in [0.25, 0.3) is 16.9 Å². The lowest BCUT2D eigenvalue weighted by Gasteiger charge is -2.01. The Morgan fingerprint density at radius 2 is 1.52 bits per heavy atom. The first-order valence-electron chi connectivity index (χ1n) is 6.63. The Bertz CT molecular complexity index is 795. The third-order valence-electron chi connectivity index (χ3n) is 3.27. The average Bonchev–Trinajstić information content (AvgIpc) is 3.05. The van der Waals surface area contributed by atoms with E-state index in [0.717, 1.165) is 5.56 Å². The number of carboxylic acid groups (broad SMARTS) is 2. The maximum Gasteiger partial charge on any atom is 0.337 e. The number of pyridine rings is 1. The van der Waals surface area contributed by atoms with Crippen LogP contribution in [0.4, 0.5) is 0 Å². The van der Waals surface area contributed by atoms with Crippen molar-refractivity contribution in [1.82, 2.24) is 14.8 Å². The van der Waals surface area contributed by atoms with Crippen molar-refractivity contribution >= 4 is 11.9 Å². The third-order valence-corrected chi connectivity index (χ3v) is 3.27. The molecule has 0 bridgehead atoms. The Hall–Kier alpha value is -3.48. The maximum atomic E-state index is 10.8. The summed E-state index contributed by atoms with van der Waals surface area (Å²) in [4.78, 5) is 25.8. The van der Waals surface area contributed by atoms with Crippen molar-refractivity contribution in [3.05, 3.63) is 66.1 Å². The highest BCUT2D eigenvalue weighted by Crippen LogP contribution is 2.18. The van der Waals surface area contributed by atoms with E-state index in [4.69, 9.17) is 10.2 Å². The van der Waals surface area contributed by atoms with Gasteiger partial charge in [-0.25, -0.2) is 14.3 Å². The van der Waals surface area contributed by atoms with Crippen LogP contribution in [0.5, 0.6) is 0 Å². The standard InChI is InChI=1S/C16H11N3O4/c20-15(21)10-1-4-13(5-2-10)19-9-12(8-18-19)14-6-3-11(7-17-14)16(22)23/h1-9H,(H,20,21)(H,22,23). The fraction of sp³-hybridized carbons (Fsp3) is 0. The minimum Gasteiger partial charge on any atom is -0.478 e. The molecule has 0 saturated carbocycles. The molecule has 0 unspecified atom stereocenters. The molecule has 0 aliphatic rings. The molecule has 0 saturated heterocycles. The summed E-state index contributed by atoms with van der Waals surface area (Å²) in [5, 5.41) is 22.0. The van der Waals surface area contributed by atoms with Gasteiger partial charge in [0.15, 0.2) is 0 Å². The molecule has 7 heteroatoms. The highest BCUT2D eigenvalue weighted by Gasteiger charge is 2.08. The van der Waals surface area contributed by atoms with Crippen LogP contribution in [-0.2, 0) is 0 Å². The fourth-order valence-electron chi connectivity index (χ4n) is 2.04. The summed E-state index contributed by atoms with van der Waals surface area (Å²) in [5.41, 5.74) is 2.36. The van der Waals surface area contributed by atoms with E-state index >= 15 is 0 Å². The van der Waals surface area contributed by atoms with Gasteiger partial charge in [0, 0.05) is 18.0 Å². The summed E-state index contributed by atoms with van der Waals surface area (Å²) in [6, 6.07) is 9.39. The molecule has 0 radical (unpaired) electrons. The number of hydrogen-bond donors (Lipinski definition) is 2. The minimum atomic E-state index is -1.03. The summed E-state index contributed by atoms with van der Waals surface area (Å²) in [5.74, 6) is -2.02. The van der Waals surface area contributed by atoms with Gasteiger partial charge in [-0.05, 0) is 36.4 Å². The zero-order valence-electron chi connectivity index (χ0n) is 11.7. The highest BCUT2D eigenvalue weighted by molar-refractivity contribution is 5.88. The quantitative estimate of drug-likeness (QED) is 0.766. The van der Waals surface area contributed by atoms with Crippen molar-refractivity contribution in [3.8, 4) is 16.9 Å². The van der Waals surface area contributed by atoms with Gasteiger partial charge in [-0.3, -0.25) is 4.98 Å². The second-order valence-electron chi connectivity index (χ2n) is 4.76. The Labute approximate surface area is 130 Å². The number of hydrogen-bond acceptors (Lipinski definition) is 4. The van der Waals surface area contributed by atoms with Crippen LogP contribution in [0, 0.1) is 0 Å². The molecule has 0 amide bonds. The van der Waals surface area contributed by atoms with Gasteiger partial charge in [-0.1, -0.05) is 0 Å². The van der Waals surface area contributed by atoms with Crippen LogP contribution in [-0.4, -0.2) is 36.9 Å². The van der Waals surface area contributed by atoms with Crippen molar-refractivity contribution < 1.29 is 19.8 Å². The molecule has 0 fully saturated rings. The topological polar surface area (TPSA) is 105 Å². The van der Waals surface area contributed by atoms with Gasteiger partial charge >= 0.3 is 11.9 Å². The number of carboxylic acids is 2. The lowest BCUT2D eigenvalue weighted by Crippen LogP contribution is -1.98. The van der Waals surface area contributed by atoms with Crippen LogP contribution in [0.2, 0.25) is 0 Å². The smallest absolute Gasteiger partial charge is 0.337 e. The Balaban J connectivity index is 1.87. The molecule has 3 aromatic rings. The van der Waals surface area contributed by atoms with Crippen LogP contribution in [0.1, 0.15) is 20.7 Å². The van der Waals surface area contributed by atoms with Gasteiger partial charge in [0.1, 0.15) is 0 Å². The van der Waals surface area contributed by atoms with Crippen LogP contribution in [0.3, 0.4) is 0 Å². The molecule has 114 valence electrons. The molecule has 0 aliphatic carbocycles. The van der Waals surface area contributed by atoms with Crippen molar-refractivity contribution in [2.24, 2.45) is 0 Å². The van der Waals surface area contributed by atoms with Crippen molar-refractivity contribution in [3.63, 3.8) is 0 Å². The summed E-state index contributed by atoms with van der Waals surface area (Å²) in [6.07, 6.45) is 4.63. The SMILES string of the molecule is O=C(O)c1ccc(-n2cc(-c3ccc(C(=O)O)cn3)cn2)cc1. The number of benzene rings is 1. The van der Waals surface area contributed by atoms with E-state index in [0.29, 0.717) is 11.4 Å². The number of rotatable bonds is 4. The molecule has 0 aliphatic heterocycles. The molecule has 0 spiro atoms. The number of carbonyl (C=O) groups is 2. The number of aromatic carboxylic acids is 2. The molecular formula is C16H11N3O4. The van der Waals surface area contributed by atoms with Crippen LogP contribution < -0.4 is 0 Å². The van der Waals surface area contributed by atoms with Crippen molar-refractivity contribution in [2.45, 2.75) is 0 Å². The molecule has 0 atom stereocenters. The number of aromatic nitrogens is 3. The van der Waals surface area contributed by atoms with Crippen LogP contribution in [0.15, 0.2) is 55.0 Å². The Morgan fingerprint density at radius 3 is 2.09 bits per heavy atom.